The summed E-state index contributed by atoms with van der Waals surface area (Å²) in [5.41, 5.74) is 0.158. The summed E-state index contributed by atoms with van der Waals surface area (Å²) in [6.07, 6.45) is -2.32. The number of halogens is 3. The van der Waals surface area contributed by atoms with Crippen LogP contribution >= 0.6 is 0 Å². The first-order valence-electron chi connectivity index (χ1n) is 7.67. The first-order valence-corrected chi connectivity index (χ1v) is 7.67. The average Bonchev–Trinajstić information content (AvgIpc) is 2.36. The molecule has 1 aromatic rings. The number of nitrogens with one attached hydrogen (secondary N) is 1. The molecular formula is C17H24F3N. The Bertz CT molecular complexity index is 473. The van der Waals surface area contributed by atoms with Crippen molar-refractivity contribution in [1.29, 1.82) is 0 Å². The van der Waals surface area contributed by atoms with Gasteiger partial charge in [-0.3, -0.25) is 0 Å². The first-order chi connectivity index (χ1) is 9.78. The van der Waals surface area contributed by atoms with E-state index in [-0.39, 0.29) is 5.41 Å². The summed E-state index contributed by atoms with van der Waals surface area (Å²) in [6, 6.07) is 5.88. The molecule has 4 heteroatoms. The molecule has 0 amide bonds. The smallest absolute Gasteiger partial charge is 0.316 e. The van der Waals surface area contributed by atoms with E-state index in [0.29, 0.717) is 11.8 Å². The van der Waals surface area contributed by atoms with E-state index in [2.05, 4.69) is 19.2 Å². The number of likely N-dealkylation sites (N-methyl/N-ethyl adjacent to an activating group) is 1. The van der Waals surface area contributed by atoms with Gasteiger partial charge in [-0.15, -0.1) is 0 Å². The molecule has 0 aromatic heterocycles. The lowest BCUT2D eigenvalue weighted by molar-refractivity contribution is -0.137. The lowest BCUT2D eigenvalue weighted by atomic mass is 9.55. The molecule has 1 aliphatic carbocycles. The lowest BCUT2D eigenvalue weighted by Crippen LogP contribution is -2.50. The molecule has 118 valence electrons. The van der Waals surface area contributed by atoms with Crippen LogP contribution in [-0.2, 0) is 11.6 Å². The van der Waals surface area contributed by atoms with Crippen LogP contribution in [0.2, 0.25) is 0 Å². The largest absolute Gasteiger partial charge is 0.416 e. The Labute approximate surface area is 124 Å². The van der Waals surface area contributed by atoms with Crippen LogP contribution in [-0.4, -0.2) is 13.1 Å². The maximum Gasteiger partial charge on any atom is 0.416 e. The van der Waals surface area contributed by atoms with Crippen LogP contribution in [0, 0.1) is 11.8 Å². The Kier molecular flexibility index (Phi) is 4.66. The minimum Gasteiger partial charge on any atom is -0.316 e. The Hall–Kier alpha value is -1.03. The normalized spacial score (nSPS) is 26.0. The van der Waals surface area contributed by atoms with E-state index >= 15 is 0 Å². The molecule has 1 nitrogen and oxygen atoms in total. The van der Waals surface area contributed by atoms with Gasteiger partial charge in [0.25, 0.3) is 0 Å². The van der Waals surface area contributed by atoms with Crippen molar-refractivity contribution in [2.75, 3.05) is 13.1 Å². The summed E-state index contributed by atoms with van der Waals surface area (Å²) in [5, 5.41) is 3.33. The highest BCUT2D eigenvalue weighted by molar-refractivity contribution is 5.34. The lowest BCUT2D eigenvalue weighted by Gasteiger charge is -2.50. The minimum atomic E-state index is -4.27. The van der Waals surface area contributed by atoms with Crippen molar-refractivity contribution < 1.29 is 13.2 Å². The molecule has 0 spiro atoms. The van der Waals surface area contributed by atoms with Gasteiger partial charge in [-0.05, 0) is 42.9 Å². The summed E-state index contributed by atoms with van der Waals surface area (Å²) in [7, 11) is 0. The average molecular weight is 299 g/mol. The van der Waals surface area contributed by atoms with Gasteiger partial charge < -0.3 is 5.32 Å². The van der Waals surface area contributed by atoms with E-state index < -0.39 is 11.7 Å². The fraction of sp³-hybridized carbons (Fsp3) is 0.647. The fourth-order valence-corrected chi connectivity index (χ4v) is 3.29. The van der Waals surface area contributed by atoms with Crippen LogP contribution in [0.3, 0.4) is 0 Å². The van der Waals surface area contributed by atoms with E-state index in [1.165, 1.54) is 12.1 Å². The van der Waals surface area contributed by atoms with Gasteiger partial charge in [-0.25, -0.2) is 0 Å². The van der Waals surface area contributed by atoms with E-state index in [4.69, 9.17) is 0 Å². The third-order valence-electron chi connectivity index (χ3n) is 4.76. The van der Waals surface area contributed by atoms with Gasteiger partial charge >= 0.3 is 6.18 Å². The zero-order valence-electron chi connectivity index (χ0n) is 12.9. The Morgan fingerprint density at radius 2 is 1.95 bits per heavy atom. The number of hydrogen-bond acceptors (Lipinski definition) is 1. The highest BCUT2D eigenvalue weighted by Crippen LogP contribution is 2.51. The predicted octanol–water partition coefficient (Wildman–Crippen LogP) is 4.62. The Morgan fingerprint density at radius 3 is 2.48 bits per heavy atom. The zero-order chi connectivity index (χ0) is 15.7. The molecule has 1 aliphatic rings. The molecular weight excluding hydrogens is 275 g/mol. The molecule has 1 fully saturated rings. The number of rotatable bonds is 5. The van der Waals surface area contributed by atoms with Crippen LogP contribution in [0.25, 0.3) is 0 Å². The van der Waals surface area contributed by atoms with Crippen molar-refractivity contribution in [2.45, 2.75) is 45.2 Å². The molecule has 0 saturated heterocycles. The van der Waals surface area contributed by atoms with Crippen LogP contribution in [0.15, 0.2) is 24.3 Å². The summed E-state index contributed by atoms with van der Waals surface area (Å²) < 4.78 is 38.8. The van der Waals surface area contributed by atoms with Gasteiger partial charge in [-0.2, -0.15) is 13.2 Å². The van der Waals surface area contributed by atoms with Gasteiger partial charge in [0.05, 0.1) is 5.56 Å². The molecule has 0 bridgehead atoms. The first kappa shape index (κ1) is 16.3. The maximum atomic E-state index is 12.9. The number of alkyl halides is 3. The molecule has 2 rings (SSSR count). The summed E-state index contributed by atoms with van der Waals surface area (Å²) in [5.74, 6) is 1.20. The summed E-state index contributed by atoms with van der Waals surface area (Å²) in [6.45, 7) is 8.00. The van der Waals surface area contributed by atoms with Crippen molar-refractivity contribution in [1.82, 2.24) is 5.32 Å². The molecule has 0 heterocycles. The SMILES string of the molecule is CCNCC1(c2cccc(C(F)(F)F)c2)CC(C(C)C)C1. The molecule has 21 heavy (non-hydrogen) atoms. The summed E-state index contributed by atoms with van der Waals surface area (Å²) >= 11 is 0. The second-order valence-corrected chi connectivity index (χ2v) is 6.55. The van der Waals surface area contributed by atoms with E-state index in [1.807, 2.05) is 13.0 Å². The fourth-order valence-electron chi connectivity index (χ4n) is 3.29. The third-order valence-corrected chi connectivity index (χ3v) is 4.76. The van der Waals surface area contributed by atoms with Crippen LogP contribution in [0.4, 0.5) is 13.2 Å². The monoisotopic (exact) mass is 299 g/mol. The van der Waals surface area contributed by atoms with Crippen molar-refractivity contribution in [3.8, 4) is 0 Å². The second kappa shape index (κ2) is 5.99. The Morgan fingerprint density at radius 1 is 1.29 bits per heavy atom. The summed E-state index contributed by atoms with van der Waals surface area (Å²) in [4.78, 5) is 0. The minimum absolute atomic E-state index is 0.133. The van der Waals surface area contributed by atoms with Gasteiger partial charge in [-0.1, -0.05) is 39.0 Å². The van der Waals surface area contributed by atoms with E-state index in [1.54, 1.807) is 0 Å². The quantitative estimate of drug-likeness (QED) is 0.836. The third kappa shape index (κ3) is 3.42. The molecule has 1 saturated carbocycles. The van der Waals surface area contributed by atoms with Crippen LogP contribution in [0.1, 0.15) is 44.7 Å². The number of hydrogen-bond donors (Lipinski definition) is 1. The van der Waals surface area contributed by atoms with Gasteiger partial charge in [0.2, 0.25) is 0 Å². The van der Waals surface area contributed by atoms with Crippen LogP contribution in [0.5, 0.6) is 0 Å². The van der Waals surface area contributed by atoms with E-state index in [0.717, 1.165) is 37.6 Å². The topological polar surface area (TPSA) is 12.0 Å². The maximum absolute atomic E-state index is 12.9. The van der Waals surface area contributed by atoms with Gasteiger partial charge in [0.1, 0.15) is 0 Å². The standard InChI is InChI=1S/C17H24F3N/c1-4-21-11-16(9-13(10-16)12(2)3)14-6-5-7-15(8-14)17(18,19)20/h5-8,12-13,21H,4,9-11H2,1-3H3. The van der Waals surface area contributed by atoms with Crippen molar-refractivity contribution >= 4 is 0 Å². The van der Waals surface area contributed by atoms with Gasteiger partial charge in [0.15, 0.2) is 0 Å². The molecule has 0 unspecified atom stereocenters. The highest BCUT2D eigenvalue weighted by atomic mass is 19.4. The highest BCUT2D eigenvalue weighted by Gasteiger charge is 2.46. The van der Waals surface area contributed by atoms with Crippen molar-refractivity contribution in [3.05, 3.63) is 35.4 Å². The molecule has 0 radical (unpaired) electrons. The Balaban J connectivity index is 2.26. The van der Waals surface area contributed by atoms with Crippen molar-refractivity contribution in [2.24, 2.45) is 11.8 Å². The molecule has 0 aliphatic heterocycles. The zero-order valence-corrected chi connectivity index (χ0v) is 12.9. The second-order valence-electron chi connectivity index (χ2n) is 6.55. The van der Waals surface area contributed by atoms with E-state index in [9.17, 15) is 13.2 Å². The van der Waals surface area contributed by atoms with Gasteiger partial charge in [0, 0.05) is 12.0 Å². The van der Waals surface area contributed by atoms with Crippen molar-refractivity contribution in [3.63, 3.8) is 0 Å². The predicted molar refractivity (Wildman–Crippen MR) is 79.2 cm³/mol. The molecule has 0 atom stereocenters. The molecule has 1 N–H and O–H groups in total. The van der Waals surface area contributed by atoms with Crippen LogP contribution < -0.4 is 5.32 Å². The molecule has 1 aromatic carbocycles. The number of benzene rings is 1.